The molecule has 4 heteroatoms. The summed E-state index contributed by atoms with van der Waals surface area (Å²) in [6, 6.07) is 0.510. The van der Waals surface area contributed by atoms with Gasteiger partial charge in [0.2, 0.25) is 0 Å². The number of hydrogen-bond acceptors (Lipinski definition) is 3. The van der Waals surface area contributed by atoms with Crippen LogP contribution in [0.25, 0.3) is 0 Å². The molecule has 0 aromatic heterocycles. The quantitative estimate of drug-likeness (QED) is 0.836. The van der Waals surface area contributed by atoms with Gasteiger partial charge in [-0.2, -0.15) is 0 Å². The van der Waals surface area contributed by atoms with Gasteiger partial charge in [0.05, 0.1) is 12.9 Å². The van der Waals surface area contributed by atoms with E-state index in [0.29, 0.717) is 24.9 Å². The molecule has 0 saturated heterocycles. The van der Waals surface area contributed by atoms with E-state index in [1.807, 2.05) is 0 Å². The summed E-state index contributed by atoms with van der Waals surface area (Å²) in [7, 11) is 0. The first-order valence-electron chi connectivity index (χ1n) is 7.08. The second kappa shape index (κ2) is 5.29. The van der Waals surface area contributed by atoms with Crippen LogP contribution >= 0.6 is 0 Å². The summed E-state index contributed by atoms with van der Waals surface area (Å²) < 4.78 is 0. The fraction of sp³-hybridized carbons (Fsp3) is 0.857. The van der Waals surface area contributed by atoms with Crippen molar-refractivity contribution in [2.45, 2.75) is 64.0 Å². The molecule has 0 aromatic rings. The predicted molar refractivity (Wildman–Crippen MR) is 71.9 cm³/mol. The molecule has 4 nitrogen and oxygen atoms in total. The van der Waals surface area contributed by atoms with Crippen LogP contribution in [0, 0.1) is 5.92 Å². The second-order valence-corrected chi connectivity index (χ2v) is 6.14. The fourth-order valence-electron chi connectivity index (χ4n) is 3.21. The lowest BCUT2D eigenvalue weighted by molar-refractivity contribution is -0.143. The summed E-state index contributed by atoms with van der Waals surface area (Å²) in [5, 5.41) is 9.49. The third kappa shape index (κ3) is 2.68. The van der Waals surface area contributed by atoms with Crippen molar-refractivity contribution in [1.29, 1.82) is 0 Å². The topological polar surface area (TPSA) is 52.9 Å². The van der Waals surface area contributed by atoms with E-state index in [1.54, 1.807) is 6.34 Å². The minimum atomic E-state index is -0.897. The van der Waals surface area contributed by atoms with Crippen molar-refractivity contribution in [2.24, 2.45) is 10.9 Å². The first-order valence-corrected chi connectivity index (χ1v) is 7.08. The van der Waals surface area contributed by atoms with E-state index < -0.39 is 11.5 Å². The maximum absolute atomic E-state index is 11.5. The molecule has 1 fully saturated rings. The van der Waals surface area contributed by atoms with Crippen molar-refractivity contribution in [3.8, 4) is 0 Å². The van der Waals surface area contributed by atoms with E-state index in [1.165, 1.54) is 32.1 Å². The van der Waals surface area contributed by atoms with E-state index in [2.05, 4.69) is 23.7 Å². The Labute approximate surface area is 109 Å². The number of carboxylic acids is 1. The van der Waals surface area contributed by atoms with E-state index in [-0.39, 0.29) is 0 Å². The average Bonchev–Trinajstić information content (AvgIpc) is 2.75. The molecule has 18 heavy (non-hydrogen) atoms. The highest BCUT2D eigenvalue weighted by Gasteiger charge is 2.44. The van der Waals surface area contributed by atoms with Crippen molar-refractivity contribution in [2.75, 3.05) is 6.54 Å². The summed E-state index contributed by atoms with van der Waals surface area (Å²) in [5.74, 6) is -0.421. The average molecular weight is 252 g/mol. The molecule has 2 rings (SSSR count). The molecule has 1 N–H and O–H groups in total. The molecule has 0 spiro atoms. The van der Waals surface area contributed by atoms with Gasteiger partial charge in [-0.05, 0) is 25.2 Å². The monoisotopic (exact) mass is 252 g/mol. The summed E-state index contributed by atoms with van der Waals surface area (Å²) in [6.07, 6.45) is 8.64. The van der Waals surface area contributed by atoms with Crippen LogP contribution in [0.5, 0.6) is 0 Å². The highest BCUT2D eigenvalue weighted by Crippen LogP contribution is 2.31. The van der Waals surface area contributed by atoms with E-state index in [9.17, 15) is 9.90 Å². The predicted octanol–water partition coefficient (Wildman–Crippen LogP) is 2.53. The molecule has 0 bridgehead atoms. The Morgan fingerprint density at radius 2 is 2.11 bits per heavy atom. The van der Waals surface area contributed by atoms with Gasteiger partial charge in [0, 0.05) is 6.04 Å². The maximum Gasteiger partial charge on any atom is 0.333 e. The molecule has 1 atom stereocenters. The Bertz CT molecular complexity index is 335. The summed E-state index contributed by atoms with van der Waals surface area (Å²) in [4.78, 5) is 18.1. The normalized spacial score (nSPS) is 29.2. The van der Waals surface area contributed by atoms with Crippen LogP contribution in [0.2, 0.25) is 0 Å². The Hall–Kier alpha value is -1.06. The van der Waals surface area contributed by atoms with Gasteiger partial charge in [-0.25, -0.2) is 4.79 Å². The number of aliphatic carboxylic acids is 1. The minimum absolute atomic E-state index is 0.351. The third-order valence-electron chi connectivity index (χ3n) is 4.09. The van der Waals surface area contributed by atoms with Crippen molar-refractivity contribution in [3.63, 3.8) is 0 Å². The zero-order chi connectivity index (χ0) is 13.2. The first kappa shape index (κ1) is 13.4. The zero-order valence-corrected chi connectivity index (χ0v) is 11.4. The number of rotatable bonds is 4. The number of carbonyl (C=O) groups is 1. The van der Waals surface area contributed by atoms with Crippen molar-refractivity contribution in [1.82, 2.24) is 4.90 Å². The molecule has 1 heterocycles. The van der Waals surface area contributed by atoms with Crippen LogP contribution in [-0.2, 0) is 4.79 Å². The lowest BCUT2D eigenvalue weighted by atomic mass is 9.88. The van der Waals surface area contributed by atoms with Crippen LogP contribution < -0.4 is 0 Å². The molecule has 2 aliphatic rings. The van der Waals surface area contributed by atoms with E-state index in [4.69, 9.17) is 0 Å². The lowest BCUT2D eigenvalue weighted by Gasteiger charge is -2.33. The van der Waals surface area contributed by atoms with Gasteiger partial charge in [-0.15, -0.1) is 0 Å². The molecule has 0 radical (unpaired) electrons. The smallest absolute Gasteiger partial charge is 0.333 e. The van der Waals surface area contributed by atoms with Gasteiger partial charge < -0.3 is 10.0 Å². The van der Waals surface area contributed by atoms with Crippen molar-refractivity contribution in [3.05, 3.63) is 0 Å². The Morgan fingerprint density at radius 3 is 2.67 bits per heavy atom. The SMILES string of the molecule is CC(C)CC1(C(=O)O)CN(C2CCCCC2)C=N1. The highest BCUT2D eigenvalue weighted by molar-refractivity contribution is 5.84. The molecule has 1 aliphatic heterocycles. The fourth-order valence-corrected chi connectivity index (χ4v) is 3.21. The molecular weight excluding hydrogens is 228 g/mol. The number of hydrogen-bond donors (Lipinski definition) is 1. The van der Waals surface area contributed by atoms with Crippen LogP contribution in [0.4, 0.5) is 0 Å². The van der Waals surface area contributed by atoms with Crippen LogP contribution in [0.15, 0.2) is 4.99 Å². The van der Waals surface area contributed by atoms with Crippen molar-refractivity contribution >= 4 is 12.3 Å². The van der Waals surface area contributed by atoms with Crippen LogP contribution in [-0.4, -0.2) is 40.4 Å². The lowest BCUT2D eigenvalue weighted by Crippen LogP contribution is -2.46. The summed E-state index contributed by atoms with van der Waals surface area (Å²) in [5.41, 5.74) is -0.897. The number of carboxylic acid groups (broad SMARTS) is 1. The molecule has 1 aliphatic carbocycles. The Kier molecular flexibility index (Phi) is 3.93. The summed E-state index contributed by atoms with van der Waals surface area (Å²) in [6.45, 7) is 4.68. The molecule has 102 valence electrons. The van der Waals surface area contributed by atoms with E-state index >= 15 is 0 Å². The first-order chi connectivity index (χ1) is 8.53. The number of aliphatic imine (C=N–C) groups is 1. The third-order valence-corrected chi connectivity index (χ3v) is 4.09. The van der Waals surface area contributed by atoms with E-state index in [0.717, 1.165) is 0 Å². The van der Waals surface area contributed by atoms with Gasteiger partial charge in [0.25, 0.3) is 0 Å². The summed E-state index contributed by atoms with van der Waals surface area (Å²) >= 11 is 0. The standard InChI is InChI=1S/C14H24N2O2/c1-11(2)8-14(13(17)18)9-16(10-15-14)12-6-4-3-5-7-12/h10-12H,3-9H2,1-2H3,(H,17,18). The van der Waals surface area contributed by atoms with Gasteiger partial charge in [-0.3, -0.25) is 4.99 Å². The molecular formula is C14H24N2O2. The van der Waals surface area contributed by atoms with Crippen LogP contribution in [0.3, 0.4) is 0 Å². The largest absolute Gasteiger partial charge is 0.479 e. The molecule has 1 unspecified atom stereocenters. The van der Waals surface area contributed by atoms with Gasteiger partial charge in [0.15, 0.2) is 5.54 Å². The second-order valence-electron chi connectivity index (χ2n) is 6.14. The zero-order valence-electron chi connectivity index (χ0n) is 11.4. The Morgan fingerprint density at radius 1 is 1.44 bits per heavy atom. The minimum Gasteiger partial charge on any atom is -0.479 e. The van der Waals surface area contributed by atoms with Gasteiger partial charge >= 0.3 is 5.97 Å². The van der Waals surface area contributed by atoms with Gasteiger partial charge in [-0.1, -0.05) is 33.1 Å². The van der Waals surface area contributed by atoms with Crippen LogP contribution in [0.1, 0.15) is 52.4 Å². The van der Waals surface area contributed by atoms with Crippen molar-refractivity contribution < 1.29 is 9.90 Å². The maximum atomic E-state index is 11.5. The van der Waals surface area contributed by atoms with Gasteiger partial charge in [0.1, 0.15) is 0 Å². The highest BCUT2D eigenvalue weighted by atomic mass is 16.4. The number of nitrogens with zero attached hydrogens (tertiary/aromatic N) is 2. The molecule has 0 amide bonds. The molecule has 0 aromatic carbocycles. The Balaban J connectivity index is 2.04. The molecule has 1 saturated carbocycles.